The van der Waals surface area contributed by atoms with Gasteiger partial charge in [-0.2, -0.15) is 0 Å². The topological polar surface area (TPSA) is 73.9 Å². The molecule has 1 saturated heterocycles. The molecule has 2 aromatic carbocycles. The number of nitrogens with zero attached hydrogens (tertiary/aromatic N) is 2. The average molecular weight is 563 g/mol. The van der Waals surface area contributed by atoms with Gasteiger partial charge in [0.2, 0.25) is 11.8 Å². The molecule has 2 amide bonds. The van der Waals surface area contributed by atoms with E-state index in [0.717, 1.165) is 42.9 Å². The van der Waals surface area contributed by atoms with Crippen molar-refractivity contribution in [3.05, 3.63) is 65.7 Å². The second-order valence-corrected chi connectivity index (χ2v) is 12.4. The van der Waals surface area contributed by atoms with Crippen molar-refractivity contribution in [2.45, 2.75) is 77.5 Å². The number of likely N-dealkylation sites (N-methyl/N-ethyl adjacent to an activating group) is 1. The van der Waals surface area contributed by atoms with Gasteiger partial charge in [-0.3, -0.25) is 9.59 Å². The van der Waals surface area contributed by atoms with Crippen LogP contribution in [0, 0.1) is 11.8 Å². The van der Waals surface area contributed by atoms with Gasteiger partial charge in [0.25, 0.3) is 0 Å². The van der Waals surface area contributed by atoms with E-state index >= 15 is 0 Å². The van der Waals surface area contributed by atoms with Crippen LogP contribution in [-0.4, -0.2) is 73.5 Å². The molecule has 2 aromatic rings. The van der Waals surface area contributed by atoms with Gasteiger partial charge in [-0.05, 0) is 68.0 Å². The minimum absolute atomic E-state index is 0.00596. The Morgan fingerprint density at radius 1 is 0.878 bits per heavy atom. The minimum Gasteiger partial charge on any atom is -0.489 e. The molecule has 2 aliphatic rings. The SMILES string of the molecule is CC(C)C[C@H](NCC1CCCCC1)C(=O)N[C@H](Cc1ccc(OCc2ccccc2)cc1)C(=O)N1CCN(C)CC1. The highest BCUT2D eigenvalue weighted by Gasteiger charge is 2.31. The third kappa shape index (κ3) is 10.2. The third-order valence-corrected chi connectivity index (χ3v) is 8.44. The summed E-state index contributed by atoms with van der Waals surface area (Å²) in [6, 6.07) is 17.1. The maximum absolute atomic E-state index is 13.8. The smallest absolute Gasteiger partial charge is 0.245 e. The molecule has 224 valence electrons. The Kier molecular flexibility index (Phi) is 12.1. The molecule has 2 atom stereocenters. The molecule has 7 nitrogen and oxygen atoms in total. The highest BCUT2D eigenvalue weighted by atomic mass is 16.5. The number of hydrogen-bond acceptors (Lipinski definition) is 5. The number of carbonyl (C=O) groups excluding carboxylic acids is 2. The summed E-state index contributed by atoms with van der Waals surface area (Å²) in [5.74, 6) is 1.74. The first kappa shape index (κ1) is 31.0. The van der Waals surface area contributed by atoms with Crippen molar-refractivity contribution in [2.24, 2.45) is 11.8 Å². The van der Waals surface area contributed by atoms with Crippen molar-refractivity contribution in [1.29, 1.82) is 0 Å². The second kappa shape index (κ2) is 15.9. The van der Waals surface area contributed by atoms with Gasteiger partial charge in [0, 0.05) is 32.6 Å². The van der Waals surface area contributed by atoms with Crippen LogP contribution in [0.2, 0.25) is 0 Å². The summed E-state index contributed by atoms with van der Waals surface area (Å²) in [4.78, 5) is 31.6. The summed E-state index contributed by atoms with van der Waals surface area (Å²) < 4.78 is 5.96. The number of ether oxygens (including phenoxy) is 1. The summed E-state index contributed by atoms with van der Waals surface area (Å²) in [5, 5.41) is 6.78. The standard InChI is InChI=1S/C34H50N4O3/c1-26(2)22-31(35-24-28-10-6-4-7-11-28)33(39)36-32(34(40)38-20-18-37(3)19-21-38)23-27-14-16-30(17-15-27)41-25-29-12-8-5-9-13-29/h5,8-9,12-17,26,28,31-32,35H,4,6-7,10-11,18-25H2,1-3H3,(H,36,39)/t31-,32+/m0/s1. The molecule has 7 heteroatoms. The number of carbonyl (C=O) groups is 2. The minimum atomic E-state index is -0.604. The Morgan fingerprint density at radius 2 is 1.56 bits per heavy atom. The van der Waals surface area contributed by atoms with Gasteiger partial charge < -0.3 is 25.2 Å². The highest BCUT2D eigenvalue weighted by Crippen LogP contribution is 2.23. The molecule has 0 spiro atoms. The van der Waals surface area contributed by atoms with Gasteiger partial charge in [-0.25, -0.2) is 0 Å². The lowest BCUT2D eigenvalue weighted by Crippen LogP contribution is -2.57. The zero-order valence-corrected chi connectivity index (χ0v) is 25.3. The molecule has 4 rings (SSSR count). The summed E-state index contributed by atoms with van der Waals surface area (Å²) in [5.41, 5.74) is 2.12. The summed E-state index contributed by atoms with van der Waals surface area (Å²) in [6.45, 7) is 8.73. The van der Waals surface area contributed by atoms with Gasteiger partial charge in [-0.1, -0.05) is 75.6 Å². The van der Waals surface area contributed by atoms with Crippen LogP contribution in [0.15, 0.2) is 54.6 Å². The average Bonchev–Trinajstić information content (AvgIpc) is 2.99. The lowest BCUT2D eigenvalue weighted by molar-refractivity contribution is -0.138. The van der Waals surface area contributed by atoms with Gasteiger partial charge in [0.05, 0.1) is 6.04 Å². The Bertz CT molecular complexity index is 1060. The van der Waals surface area contributed by atoms with Gasteiger partial charge in [0.1, 0.15) is 18.4 Å². The third-order valence-electron chi connectivity index (χ3n) is 8.44. The van der Waals surface area contributed by atoms with Gasteiger partial charge in [-0.15, -0.1) is 0 Å². The van der Waals surface area contributed by atoms with E-state index in [-0.39, 0.29) is 17.9 Å². The maximum Gasteiger partial charge on any atom is 0.245 e. The molecule has 1 saturated carbocycles. The van der Waals surface area contributed by atoms with E-state index in [4.69, 9.17) is 4.74 Å². The van der Waals surface area contributed by atoms with Crippen molar-refractivity contribution < 1.29 is 14.3 Å². The summed E-state index contributed by atoms with van der Waals surface area (Å²) in [7, 11) is 2.08. The van der Waals surface area contributed by atoms with Crippen LogP contribution in [0.5, 0.6) is 5.75 Å². The van der Waals surface area contributed by atoms with Crippen molar-refractivity contribution in [1.82, 2.24) is 20.4 Å². The lowest BCUT2D eigenvalue weighted by Gasteiger charge is -2.35. The Balaban J connectivity index is 1.42. The van der Waals surface area contributed by atoms with Gasteiger partial charge in [0.15, 0.2) is 0 Å². The molecule has 0 unspecified atom stereocenters. The molecule has 1 heterocycles. The first-order valence-corrected chi connectivity index (χ1v) is 15.6. The first-order valence-electron chi connectivity index (χ1n) is 15.6. The van der Waals surface area contributed by atoms with Crippen LogP contribution in [0.4, 0.5) is 0 Å². The molecule has 2 fully saturated rings. The van der Waals surface area contributed by atoms with E-state index in [9.17, 15) is 9.59 Å². The van der Waals surface area contributed by atoms with E-state index < -0.39 is 6.04 Å². The highest BCUT2D eigenvalue weighted by molar-refractivity contribution is 5.90. The molecular formula is C34H50N4O3. The summed E-state index contributed by atoms with van der Waals surface area (Å²) >= 11 is 0. The zero-order valence-electron chi connectivity index (χ0n) is 25.3. The fourth-order valence-electron chi connectivity index (χ4n) is 5.87. The van der Waals surface area contributed by atoms with Crippen molar-refractivity contribution >= 4 is 11.8 Å². The van der Waals surface area contributed by atoms with Gasteiger partial charge >= 0.3 is 0 Å². The van der Waals surface area contributed by atoms with Crippen LogP contribution in [0.1, 0.15) is 63.5 Å². The molecule has 0 radical (unpaired) electrons. The summed E-state index contributed by atoms with van der Waals surface area (Å²) in [6.07, 6.45) is 7.56. The number of amides is 2. The van der Waals surface area contributed by atoms with Crippen molar-refractivity contribution in [2.75, 3.05) is 39.8 Å². The zero-order chi connectivity index (χ0) is 29.0. The quantitative estimate of drug-likeness (QED) is 0.372. The predicted octanol–water partition coefficient (Wildman–Crippen LogP) is 4.65. The number of piperazine rings is 1. The molecule has 1 aliphatic heterocycles. The molecule has 2 N–H and O–H groups in total. The Hall–Kier alpha value is -2.90. The van der Waals surface area contributed by atoms with E-state index in [1.807, 2.05) is 59.5 Å². The van der Waals surface area contributed by atoms with E-state index in [2.05, 4.69) is 36.4 Å². The normalized spacial score (nSPS) is 18.2. The largest absolute Gasteiger partial charge is 0.489 e. The molecule has 1 aliphatic carbocycles. The van der Waals surface area contributed by atoms with Crippen LogP contribution in [0.3, 0.4) is 0 Å². The predicted molar refractivity (Wildman–Crippen MR) is 165 cm³/mol. The molecule has 41 heavy (non-hydrogen) atoms. The maximum atomic E-state index is 13.8. The van der Waals surface area contributed by atoms with E-state index in [0.29, 0.717) is 38.0 Å². The Morgan fingerprint density at radius 3 is 2.22 bits per heavy atom. The monoisotopic (exact) mass is 562 g/mol. The van der Waals surface area contributed by atoms with Crippen molar-refractivity contribution in [3.63, 3.8) is 0 Å². The second-order valence-electron chi connectivity index (χ2n) is 12.4. The van der Waals surface area contributed by atoms with Crippen LogP contribution in [-0.2, 0) is 22.6 Å². The van der Waals surface area contributed by atoms with Crippen LogP contribution >= 0.6 is 0 Å². The fourth-order valence-corrected chi connectivity index (χ4v) is 5.87. The first-order chi connectivity index (χ1) is 19.9. The molecule has 0 aromatic heterocycles. The van der Waals surface area contributed by atoms with Crippen LogP contribution < -0.4 is 15.4 Å². The number of hydrogen-bond donors (Lipinski definition) is 2. The number of nitrogens with one attached hydrogen (secondary N) is 2. The lowest BCUT2D eigenvalue weighted by atomic mass is 9.89. The van der Waals surface area contributed by atoms with Crippen molar-refractivity contribution in [3.8, 4) is 5.75 Å². The van der Waals surface area contributed by atoms with Crippen LogP contribution in [0.25, 0.3) is 0 Å². The molecular weight excluding hydrogens is 512 g/mol. The van der Waals surface area contributed by atoms with E-state index in [1.54, 1.807) is 0 Å². The number of rotatable bonds is 13. The van der Waals surface area contributed by atoms with E-state index in [1.165, 1.54) is 32.1 Å². The Labute approximate surface area is 247 Å². The number of benzene rings is 2. The molecule has 0 bridgehead atoms. The fraction of sp³-hybridized carbons (Fsp3) is 0.588.